The fourth-order valence-corrected chi connectivity index (χ4v) is 5.40. The molecule has 5 nitrogen and oxygen atoms in total. The highest BCUT2D eigenvalue weighted by Crippen LogP contribution is 2.28. The van der Waals surface area contributed by atoms with Gasteiger partial charge in [0.05, 0.1) is 11.5 Å². The van der Waals surface area contributed by atoms with E-state index in [0.717, 1.165) is 25.2 Å². The molecule has 23 heavy (non-hydrogen) atoms. The minimum absolute atomic E-state index is 0.0728. The molecule has 1 aromatic rings. The maximum atomic E-state index is 12.6. The summed E-state index contributed by atoms with van der Waals surface area (Å²) in [6.45, 7) is 4.20. The van der Waals surface area contributed by atoms with Gasteiger partial charge in [-0.25, -0.2) is 8.42 Å². The molecule has 1 aromatic carbocycles. The molecule has 1 saturated heterocycles. The molecule has 0 N–H and O–H groups in total. The predicted octanol–water partition coefficient (Wildman–Crippen LogP) is 1.47. The zero-order chi connectivity index (χ0) is 16.4. The van der Waals surface area contributed by atoms with E-state index in [4.69, 9.17) is 0 Å². The monoisotopic (exact) mass is 336 g/mol. The third kappa shape index (κ3) is 3.58. The van der Waals surface area contributed by atoms with Crippen molar-refractivity contribution in [3.05, 3.63) is 29.8 Å². The zero-order valence-electron chi connectivity index (χ0n) is 13.6. The molecule has 6 heteroatoms. The molecule has 1 fully saturated rings. The fraction of sp³-hybridized carbons (Fsp3) is 0.588. The van der Waals surface area contributed by atoms with Crippen molar-refractivity contribution in [3.8, 4) is 0 Å². The first-order chi connectivity index (χ1) is 11.0. The summed E-state index contributed by atoms with van der Waals surface area (Å²) < 4.78 is 23.3. The molecule has 0 radical (unpaired) electrons. The van der Waals surface area contributed by atoms with Crippen molar-refractivity contribution in [1.29, 1.82) is 0 Å². The highest BCUT2D eigenvalue weighted by Gasteiger charge is 2.32. The second-order valence-electron chi connectivity index (χ2n) is 6.36. The van der Waals surface area contributed by atoms with Gasteiger partial charge in [0.25, 0.3) is 0 Å². The number of fused-ring (bicyclic) bond motifs is 1. The standard InChI is InChI=1S/C17H24N2O3S/c1-2-18(15-9-12-23(21,22)13-15)10-8-17(20)19-11-7-14-5-3-4-6-16(14)19/h3-6,15H,2,7-13H2,1H3. The number of anilines is 1. The molecule has 1 atom stereocenters. The fourth-order valence-electron chi connectivity index (χ4n) is 3.63. The van der Waals surface area contributed by atoms with Gasteiger partial charge in [0.15, 0.2) is 9.84 Å². The molecule has 2 aliphatic heterocycles. The average Bonchev–Trinajstić information content (AvgIpc) is 3.11. The van der Waals surface area contributed by atoms with Crippen LogP contribution in [-0.4, -0.2) is 56.4 Å². The molecule has 0 spiro atoms. The van der Waals surface area contributed by atoms with Gasteiger partial charge in [0.2, 0.25) is 5.91 Å². The Bertz CT molecular complexity index is 687. The van der Waals surface area contributed by atoms with Crippen LogP contribution >= 0.6 is 0 Å². The molecule has 0 saturated carbocycles. The summed E-state index contributed by atoms with van der Waals surface area (Å²) in [6.07, 6.45) is 2.05. The molecule has 0 aliphatic carbocycles. The number of carbonyl (C=O) groups excluding carboxylic acids is 1. The van der Waals surface area contributed by atoms with E-state index in [-0.39, 0.29) is 23.5 Å². The predicted molar refractivity (Wildman–Crippen MR) is 91.4 cm³/mol. The van der Waals surface area contributed by atoms with Gasteiger partial charge >= 0.3 is 0 Å². The minimum atomic E-state index is -2.88. The van der Waals surface area contributed by atoms with Gasteiger partial charge in [-0.1, -0.05) is 25.1 Å². The van der Waals surface area contributed by atoms with Crippen molar-refractivity contribution in [1.82, 2.24) is 4.90 Å². The van der Waals surface area contributed by atoms with Crippen molar-refractivity contribution < 1.29 is 13.2 Å². The van der Waals surface area contributed by atoms with Crippen LogP contribution in [0.25, 0.3) is 0 Å². The van der Waals surface area contributed by atoms with E-state index in [1.807, 2.05) is 30.0 Å². The van der Waals surface area contributed by atoms with Gasteiger partial charge in [0, 0.05) is 31.2 Å². The number of hydrogen-bond donors (Lipinski definition) is 0. The van der Waals surface area contributed by atoms with Gasteiger partial charge in [-0.15, -0.1) is 0 Å². The smallest absolute Gasteiger partial charge is 0.228 e. The highest BCUT2D eigenvalue weighted by atomic mass is 32.2. The van der Waals surface area contributed by atoms with Crippen LogP contribution in [0, 0.1) is 0 Å². The van der Waals surface area contributed by atoms with Crippen LogP contribution in [0.3, 0.4) is 0 Å². The first kappa shape index (κ1) is 16.5. The Labute approximate surface area is 138 Å². The van der Waals surface area contributed by atoms with Gasteiger partial charge in [0.1, 0.15) is 0 Å². The number of carbonyl (C=O) groups is 1. The minimum Gasteiger partial charge on any atom is -0.312 e. The maximum absolute atomic E-state index is 12.6. The Kier molecular flexibility index (Phi) is 4.73. The quantitative estimate of drug-likeness (QED) is 0.817. The van der Waals surface area contributed by atoms with Crippen LogP contribution < -0.4 is 4.90 Å². The van der Waals surface area contributed by atoms with Crippen molar-refractivity contribution in [2.75, 3.05) is 36.0 Å². The number of hydrogen-bond acceptors (Lipinski definition) is 4. The lowest BCUT2D eigenvalue weighted by Crippen LogP contribution is -2.39. The molecule has 0 aromatic heterocycles. The SMILES string of the molecule is CCN(CCC(=O)N1CCc2ccccc21)C1CCS(=O)(=O)C1. The summed E-state index contributed by atoms with van der Waals surface area (Å²) in [6, 6.07) is 8.12. The average molecular weight is 336 g/mol. The van der Waals surface area contributed by atoms with Crippen LogP contribution in [-0.2, 0) is 21.1 Å². The van der Waals surface area contributed by atoms with Gasteiger partial charge in [-0.2, -0.15) is 0 Å². The van der Waals surface area contributed by atoms with E-state index >= 15 is 0 Å². The van der Waals surface area contributed by atoms with E-state index in [9.17, 15) is 13.2 Å². The first-order valence-electron chi connectivity index (χ1n) is 8.33. The molecule has 0 bridgehead atoms. The molecule has 2 aliphatic rings. The molecule has 1 amide bonds. The van der Waals surface area contributed by atoms with Crippen molar-refractivity contribution in [3.63, 3.8) is 0 Å². The van der Waals surface area contributed by atoms with E-state index in [0.29, 0.717) is 19.4 Å². The molecule has 2 heterocycles. The third-order valence-electron chi connectivity index (χ3n) is 4.93. The Morgan fingerprint density at radius 2 is 2.13 bits per heavy atom. The van der Waals surface area contributed by atoms with E-state index in [1.165, 1.54) is 5.56 Å². The summed E-state index contributed by atoms with van der Waals surface area (Å²) in [5.41, 5.74) is 2.26. The van der Waals surface area contributed by atoms with Crippen LogP contribution in [0.4, 0.5) is 5.69 Å². The van der Waals surface area contributed by atoms with Gasteiger partial charge in [-0.05, 0) is 31.0 Å². The largest absolute Gasteiger partial charge is 0.312 e. The normalized spacial score (nSPS) is 22.5. The van der Waals surface area contributed by atoms with Crippen LogP contribution in [0.2, 0.25) is 0 Å². The molecule has 3 rings (SSSR count). The molecule has 1 unspecified atom stereocenters. The lowest BCUT2D eigenvalue weighted by Gasteiger charge is -2.27. The maximum Gasteiger partial charge on any atom is 0.228 e. The Balaban J connectivity index is 1.58. The number of sulfone groups is 1. The molecular formula is C17H24N2O3S. The van der Waals surface area contributed by atoms with E-state index in [1.54, 1.807) is 0 Å². The Hall–Kier alpha value is -1.40. The lowest BCUT2D eigenvalue weighted by molar-refractivity contribution is -0.118. The lowest BCUT2D eigenvalue weighted by atomic mass is 10.2. The second-order valence-corrected chi connectivity index (χ2v) is 8.59. The Morgan fingerprint density at radius 1 is 1.35 bits per heavy atom. The molecule has 126 valence electrons. The van der Waals surface area contributed by atoms with Gasteiger partial charge < -0.3 is 4.90 Å². The van der Waals surface area contributed by atoms with Crippen LogP contribution in [0.5, 0.6) is 0 Å². The van der Waals surface area contributed by atoms with Crippen molar-refractivity contribution >= 4 is 21.4 Å². The Morgan fingerprint density at radius 3 is 2.83 bits per heavy atom. The third-order valence-corrected chi connectivity index (χ3v) is 6.68. The second kappa shape index (κ2) is 6.61. The number of para-hydroxylation sites is 1. The number of nitrogens with zero attached hydrogens (tertiary/aromatic N) is 2. The summed E-state index contributed by atoms with van der Waals surface area (Å²) in [4.78, 5) is 16.6. The number of amides is 1. The first-order valence-corrected chi connectivity index (χ1v) is 10.1. The van der Waals surface area contributed by atoms with E-state index in [2.05, 4.69) is 11.0 Å². The number of rotatable bonds is 5. The van der Waals surface area contributed by atoms with Crippen molar-refractivity contribution in [2.24, 2.45) is 0 Å². The highest BCUT2D eigenvalue weighted by molar-refractivity contribution is 7.91. The summed E-state index contributed by atoms with van der Waals surface area (Å²) in [7, 11) is -2.88. The van der Waals surface area contributed by atoms with Crippen LogP contribution in [0.15, 0.2) is 24.3 Å². The van der Waals surface area contributed by atoms with Gasteiger partial charge in [-0.3, -0.25) is 9.69 Å². The summed E-state index contributed by atoms with van der Waals surface area (Å²) in [5.74, 6) is 0.651. The van der Waals surface area contributed by atoms with E-state index < -0.39 is 9.84 Å². The number of benzene rings is 1. The van der Waals surface area contributed by atoms with Crippen molar-refractivity contribution in [2.45, 2.75) is 32.2 Å². The summed E-state index contributed by atoms with van der Waals surface area (Å²) in [5, 5.41) is 0. The topological polar surface area (TPSA) is 57.7 Å². The molecular weight excluding hydrogens is 312 g/mol. The van der Waals surface area contributed by atoms with Crippen LogP contribution in [0.1, 0.15) is 25.3 Å². The summed E-state index contributed by atoms with van der Waals surface area (Å²) >= 11 is 0. The zero-order valence-corrected chi connectivity index (χ0v) is 14.4.